The number of aromatic nitrogens is 5. The molecule has 0 aliphatic carbocycles. The normalized spacial score (nSPS) is 12.1. The lowest BCUT2D eigenvalue weighted by molar-refractivity contribution is 0.410. The Kier molecular flexibility index (Phi) is 23.1. The Morgan fingerprint density at radius 2 is 0.550 bits per heavy atom. The lowest BCUT2D eigenvalue weighted by atomic mass is 9.99. The molecule has 0 saturated carbocycles. The van der Waals surface area contributed by atoms with Crippen molar-refractivity contribution < 1.29 is 0 Å². The lowest BCUT2D eigenvalue weighted by Gasteiger charge is -2.22. The fourth-order valence-electron chi connectivity index (χ4n) is 14.5. The van der Waals surface area contributed by atoms with Crippen LogP contribution in [-0.2, 0) is 12.8 Å². The summed E-state index contributed by atoms with van der Waals surface area (Å²) in [5.74, 6) is 0. The molecule has 0 spiro atoms. The first-order chi connectivity index (χ1) is 49.4. The van der Waals surface area contributed by atoms with Crippen molar-refractivity contribution in [1.82, 2.24) is 22.1 Å². The van der Waals surface area contributed by atoms with Crippen LogP contribution in [-0.4, -0.2) is 22.1 Å². The molecule has 0 atom stereocenters. The van der Waals surface area contributed by atoms with Gasteiger partial charge in [-0.25, -0.2) is 0 Å². The molecule has 15 aromatic rings. The molecule has 11 aromatic heterocycles. The second-order valence-electron chi connectivity index (χ2n) is 27.0. The van der Waals surface area contributed by atoms with E-state index < -0.39 is 0 Å². The van der Waals surface area contributed by atoms with Gasteiger partial charge in [-0.1, -0.05) is 192 Å². The highest BCUT2D eigenvalue weighted by atomic mass is 32.1. The molecule has 100 heavy (non-hydrogen) atoms. The van der Waals surface area contributed by atoms with Crippen molar-refractivity contribution in [3.63, 3.8) is 0 Å². The van der Waals surface area contributed by atoms with Gasteiger partial charge in [0, 0.05) is 117 Å². The van der Waals surface area contributed by atoms with Gasteiger partial charge in [0.15, 0.2) is 0 Å². The molecule has 512 valence electrons. The predicted molar refractivity (Wildman–Crippen MR) is 449 cm³/mol. The number of hydrogen-bond donors (Lipinski definition) is 0. The molecule has 11 heterocycles. The standard InChI is InChI=1S/C85H87N5S10/c1-5-9-13-17-19-21-25-57(26-22-20-18-14-10-6-2)90-66-53-55(68-41-43-70(93-68)62-35-37-64(84-82(62)86-99-88-84)72-45-47-78(95-72)80-51-49-76(97-80)74-39-31-58(91-74)27-23-15-11-7-3)29-33-60(66)61-34-30-56(54-67(61)90)69-42-44-71(94-69)63-36-38-65(85-83(63)87-100-89-85)73-46-48-79(96-73)81-52-50-77(98-81)75-40-32-59(92-75)28-24-16-12-8-4/h29-54,57H,5-28H2,1-4H3. The van der Waals surface area contributed by atoms with Crippen LogP contribution < -0.4 is 0 Å². The van der Waals surface area contributed by atoms with Crippen LogP contribution in [0.25, 0.3) is 146 Å². The van der Waals surface area contributed by atoms with Crippen molar-refractivity contribution in [2.24, 2.45) is 0 Å². The van der Waals surface area contributed by atoms with Gasteiger partial charge in [-0.2, -0.15) is 17.5 Å². The van der Waals surface area contributed by atoms with Crippen molar-refractivity contribution in [1.29, 1.82) is 0 Å². The fraction of sp³-hybridized carbons (Fsp3) is 0.341. The summed E-state index contributed by atoms with van der Waals surface area (Å²) in [4.78, 5) is 21.2. The molecule has 5 nitrogen and oxygen atoms in total. The van der Waals surface area contributed by atoms with E-state index in [1.165, 1.54) is 289 Å². The number of nitrogens with zero attached hydrogens (tertiary/aromatic N) is 5. The van der Waals surface area contributed by atoms with E-state index in [1.54, 1.807) is 0 Å². The SMILES string of the molecule is CCCCCCCCC(CCCCCCCC)n1c2cc(-c3ccc(-c4ccc(-c5ccc(-c6ccc(-c7ccc(CCCCCC)s7)s6)s5)c5nsnc45)s3)ccc2c2ccc(-c3ccc(-c4ccc(-c5ccc(-c6ccc(-c7ccc(CCCCCC)s7)s6)s5)c5nsnc45)s3)cc21. The quantitative estimate of drug-likeness (QED) is 0.0372. The summed E-state index contributed by atoms with van der Waals surface area (Å²) in [7, 11) is 0. The van der Waals surface area contributed by atoms with Crippen LogP contribution in [0.4, 0.5) is 0 Å². The van der Waals surface area contributed by atoms with Crippen LogP contribution >= 0.6 is 114 Å². The lowest BCUT2D eigenvalue weighted by Crippen LogP contribution is -2.09. The number of rotatable bonds is 35. The molecular weight excluding hydrogens is 1410 g/mol. The van der Waals surface area contributed by atoms with Crippen LogP contribution in [0.1, 0.15) is 185 Å². The maximum Gasteiger partial charge on any atom is 0.114 e. The smallest absolute Gasteiger partial charge is 0.114 e. The molecule has 0 N–H and O–H groups in total. The summed E-state index contributed by atoms with van der Waals surface area (Å²) in [6.07, 6.45) is 30.8. The highest BCUT2D eigenvalue weighted by molar-refractivity contribution is 7.28. The number of fused-ring (bicyclic) bond motifs is 5. The fourth-order valence-corrected chi connectivity index (χ4v) is 24.2. The van der Waals surface area contributed by atoms with Gasteiger partial charge in [-0.15, -0.1) is 90.7 Å². The van der Waals surface area contributed by atoms with Crippen molar-refractivity contribution in [2.75, 3.05) is 0 Å². The Labute approximate surface area is 631 Å². The molecule has 0 aliphatic heterocycles. The molecule has 0 bridgehead atoms. The van der Waals surface area contributed by atoms with Crippen molar-refractivity contribution in [3.8, 4) is 102 Å². The minimum atomic E-state index is 0.395. The van der Waals surface area contributed by atoms with E-state index in [0.29, 0.717) is 6.04 Å². The predicted octanol–water partition coefficient (Wildman–Crippen LogP) is 31.3. The highest BCUT2D eigenvalue weighted by Crippen LogP contribution is 2.49. The van der Waals surface area contributed by atoms with E-state index in [9.17, 15) is 0 Å². The van der Waals surface area contributed by atoms with Crippen molar-refractivity contribution in [3.05, 3.63) is 167 Å². The van der Waals surface area contributed by atoms with Gasteiger partial charge in [0.2, 0.25) is 0 Å². The van der Waals surface area contributed by atoms with Gasteiger partial charge in [0.1, 0.15) is 22.1 Å². The zero-order valence-corrected chi connectivity index (χ0v) is 66.0. The van der Waals surface area contributed by atoms with Gasteiger partial charge >= 0.3 is 0 Å². The first kappa shape index (κ1) is 69.6. The summed E-state index contributed by atoms with van der Waals surface area (Å²) in [5, 5.41) is 2.68. The Morgan fingerprint density at radius 3 is 0.910 bits per heavy atom. The summed E-state index contributed by atoms with van der Waals surface area (Å²) in [6.45, 7) is 9.23. The minimum absolute atomic E-state index is 0.395. The van der Waals surface area contributed by atoms with Gasteiger partial charge in [-0.05, 0) is 159 Å². The zero-order valence-electron chi connectivity index (χ0n) is 57.9. The average Bonchev–Trinajstić information content (AvgIpc) is 1.59. The number of thiophene rings is 8. The Bertz CT molecular complexity index is 4850. The van der Waals surface area contributed by atoms with Crippen LogP contribution in [0.15, 0.2) is 158 Å². The maximum absolute atomic E-state index is 5.01. The largest absolute Gasteiger partial charge is 0.337 e. The van der Waals surface area contributed by atoms with E-state index in [4.69, 9.17) is 17.5 Å². The number of hydrogen-bond acceptors (Lipinski definition) is 14. The molecule has 15 rings (SSSR count). The first-order valence-electron chi connectivity index (χ1n) is 36.8. The summed E-state index contributed by atoms with van der Waals surface area (Å²) in [5.41, 5.74) is 13.8. The Hall–Kier alpha value is -6.08. The van der Waals surface area contributed by atoms with E-state index in [1.807, 2.05) is 90.7 Å². The van der Waals surface area contributed by atoms with Crippen LogP contribution in [0.5, 0.6) is 0 Å². The van der Waals surface area contributed by atoms with Crippen molar-refractivity contribution in [2.45, 2.75) is 188 Å². The summed E-state index contributed by atoms with van der Waals surface area (Å²) >= 11 is 17.9. The Morgan fingerprint density at radius 1 is 0.270 bits per heavy atom. The monoisotopic (exact) mass is 1500 g/mol. The maximum atomic E-state index is 5.01. The number of aryl methyl sites for hydroxylation is 2. The molecule has 15 heteroatoms. The minimum Gasteiger partial charge on any atom is -0.337 e. The molecule has 0 aliphatic rings. The van der Waals surface area contributed by atoms with Gasteiger partial charge < -0.3 is 4.57 Å². The van der Waals surface area contributed by atoms with E-state index in [-0.39, 0.29) is 0 Å². The number of benzene rings is 4. The van der Waals surface area contributed by atoms with E-state index >= 15 is 0 Å². The highest BCUT2D eigenvalue weighted by Gasteiger charge is 2.24. The van der Waals surface area contributed by atoms with Crippen LogP contribution in [0.3, 0.4) is 0 Å². The molecule has 0 radical (unpaired) electrons. The summed E-state index contributed by atoms with van der Waals surface area (Å²) < 4.78 is 22.8. The molecule has 0 fully saturated rings. The zero-order chi connectivity index (χ0) is 67.7. The Balaban J connectivity index is 0.710. The molecular formula is C85H87N5S10. The second-order valence-corrected chi connectivity index (χ2v) is 36.9. The van der Waals surface area contributed by atoms with Gasteiger partial charge in [0.05, 0.1) is 34.5 Å². The third-order valence-electron chi connectivity index (χ3n) is 19.9. The topological polar surface area (TPSA) is 56.5 Å². The second kappa shape index (κ2) is 33.1. The van der Waals surface area contributed by atoms with Crippen molar-refractivity contribution >= 4 is 158 Å². The number of unbranched alkanes of at least 4 members (excludes halogenated alkanes) is 16. The average molecular weight is 1500 g/mol. The van der Waals surface area contributed by atoms with Gasteiger partial charge in [-0.3, -0.25) is 0 Å². The van der Waals surface area contributed by atoms with E-state index in [0.717, 1.165) is 44.3 Å². The summed E-state index contributed by atoms with van der Waals surface area (Å²) in [6, 6.07) is 61.3. The molecule has 0 amide bonds. The first-order valence-corrected chi connectivity index (χ1v) is 44.8. The van der Waals surface area contributed by atoms with E-state index in [2.05, 4.69) is 190 Å². The third kappa shape index (κ3) is 15.4. The van der Waals surface area contributed by atoms with Crippen LogP contribution in [0.2, 0.25) is 0 Å². The molecule has 0 saturated heterocycles. The van der Waals surface area contributed by atoms with Gasteiger partial charge in [0.25, 0.3) is 0 Å². The molecule has 4 aromatic carbocycles. The molecule has 0 unspecified atom stereocenters. The third-order valence-corrected chi connectivity index (χ3v) is 30.8. The van der Waals surface area contributed by atoms with Crippen LogP contribution in [0, 0.1) is 0 Å².